The van der Waals surface area contributed by atoms with Gasteiger partial charge in [-0.15, -0.1) is 0 Å². The first-order valence-electron chi connectivity index (χ1n) is 6.26. The van der Waals surface area contributed by atoms with Crippen molar-refractivity contribution in [1.29, 1.82) is 0 Å². The van der Waals surface area contributed by atoms with Crippen LogP contribution in [0.2, 0.25) is 0 Å². The Morgan fingerprint density at radius 1 is 1.53 bits per heavy atom. The SMILES string of the molecule is CN(C[C@H]1CCCCO1)C(=O)c1ncc(F)cc1F. The van der Waals surface area contributed by atoms with Gasteiger partial charge < -0.3 is 9.64 Å². The van der Waals surface area contributed by atoms with Crippen molar-refractivity contribution < 1.29 is 18.3 Å². The van der Waals surface area contributed by atoms with Crippen LogP contribution in [-0.2, 0) is 4.74 Å². The van der Waals surface area contributed by atoms with Crippen LogP contribution < -0.4 is 0 Å². The molecule has 1 fully saturated rings. The van der Waals surface area contributed by atoms with Crippen molar-refractivity contribution in [3.63, 3.8) is 0 Å². The van der Waals surface area contributed by atoms with E-state index >= 15 is 0 Å². The summed E-state index contributed by atoms with van der Waals surface area (Å²) < 4.78 is 31.7. The van der Waals surface area contributed by atoms with E-state index in [0.717, 1.165) is 25.5 Å². The maximum absolute atomic E-state index is 13.5. The summed E-state index contributed by atoms with van der Waals surface area (Å²) in [5, 5.41) is 0. The van der Waals surface area contributed by atoms with E-state index in [1.54, 1.807) is 7.05 Å². The minimum absolute atomic E-state index is 0.0220. The van der Waals surface area contributed by atoms with Gasteiger partial charge in [-0.05, 0) is 19.3 Å². The molecule has 0 radical (unpaired) electrons. The number of nitrogens with zero attached hydrogens (tertiary/aromatic N) is 2. The zero-order valence-corrected chi connectivity index (χ0v) is 10.7. The van der Waals surface area contributed by atoms with Gasteiger partial charge in [0, 0.05) is 26.3 Å². The average Bonchev–Trinajstić information content (AvgIpc) is 2.39. The molecule has 1 atom stereocenters. The number of carbonyl (C=O) groups excluding carboxylic acids is 1. The fraction of sp³-hybridized carbons (Fsp3) is 0.538. The second-order valence-electron chi connectivity index (χ2n) is 4.66. The lowest BCUT2D eigenvalue weighted by Crippen LogP contribution is -2.37. The second-order valence-corrected chi connectivity index (χ2v) is 4.66. The number of likely N-dealkylation sites (N-methyl/N-ethyl adjacent to an activating group) is 1. The summed E-state index contributed by atoms with van der Waals surface area (Å²) in [5.41, 5.74) is -0.361. The summed E-state index contributed by atoms with van der Waals surface area (Å²) in [6.45, 7) is 1.08. The van der Waals surface area contributed by atoms with Crippen molar-refractivity contribution in [1.82, 2.24) is 9.88 Å². The van der Waals surface area contributed by atoms with Gasteiger partial charge in [-0.25, -0.2) is 13.8 Å². The molecule has 1 aromatic heterocycles. The molecule has 1 amide bonds. The molecule has 104 valence electrons. The van der Waals surface area contributed by atoms with Crippen LogP contribution >= 0.6 is 0 Å². The predicted octanol–water partition coefficient (Wildman–Crippen LogP) is 2.00. The molecule has 0 unspecified atom stereocenters. The monoisotopic (exact) mass is 270 g/mol. The Labute approximate surface area is 110 Å². The van der Waals surface area contributed by atoms with Gasteiger partial charge in [0.05, 0.1) is 12.3 Å². The van der Waals surface area contributed by atoms with E-state index in [2.05, 4.69) is 4.98 Å². The average molecular weight is 270 g/mol. The highest BCUT2D eigenvalue weighted by molar-refractivity contribution is 5.92. The molecule has 0 N–H and O–H groups in total. The Bertz CT molecular complexity index is 462. The largest absolute Gasteiger partial charge is 0.376 e. The molecular formula is C13H16F2N2O2. The zero-order chi connectivity index (χ0) is 13.8. The number of pyridine rings is 1. The molecule has 2 heterocycles. The molecule has 1 aliphatic rings. The van der Waals surface area contributed by atoms with Crippen LogP contribution in [-0.4, -0.2) is 42.1 Å². The second kappa shape index (κ2) is 6.06. The lowest BCUT2D eigenvalue weighted by molar-refractivity contribution is -0.000386. The summed E-state index contributed by atoms with van der Waals surface area (Å²) in [4.78, 5) is 16.9. The number of rotatable bonds is 3. The van der Waals surface area contributed by atoms with Crippen molar-refractivity contribution in [3.05, 3.63) is 29.6 Å². The molecular weight excluding hydrogens is 254 g/mol. The molecule has 6 heteroatoms. The Morgan fingerprint density at radius 2 is 2.32 bits per heavy atom. The third-order valence-electron chi connectivity index (χ3n) is 3.11. The van der Waals surface area contributed by atoms with Gasteiger partial charge in [-0.3, -0.25) is 4.79 Å². The van der Waals surface area contributed by atoms with E-state index in [0.29, 0.717) is 19.2 Å². The fourth-order valence-corrected chi connectivity index (χ4v) is 2.09. The summed E-state index contributed by atoms with van der Waals surface area (Å²) in [6.07, 6.45) is 3.79. The Hall–Kier alpha value is -1.56. The van der Waals surface area contributed by atoms with Gasteiger partial charge in [0.25, 0.3) is 5.91 Å². The fourth-order valence-electron chi connectivity index (χ4n) is 2.09. The van der Waals surface area contributed by atoms with E-state index in [1.165, 1.54) is 4.90 Å². The first-order valence-corrected chi connectivity index (χ1v) is 6.26. The Kier molecular flexibility index (Phi) is 4.42. The predicted molar refractivity (Wildman–Crippen MR) is 64.7 cm³/mol. The van der Waals surface area contributed by atoms with Gasteiger partial charge in [-0.1, -0.05) is 0 Å². The third kappa shape index (κ3) is 3.47. The van der Waals surface area contributed by atoms with Gasteiger partial charge in [-0.2, -0.15) is 0 Å². The number of hydrogen-bond acceptors (Lipinski definition) is 3. The van der Waals surface area contributed by atoms with Crippen LogP contribution in [0, 0.1) is 11.6 Å². The molecule has 1 aliphatic heterocycles. The molecule has 4 nitrogen and oxygen atoms in total. The highest BCUT2D eigenvalue weighted by Crippen LogP contribution is 2.15. The highest BCUT2D eigenvalue weighted by atomic mass is 19.1. The molecule has 0 spiro atoms. The number of amides is 1. The highest BCUT2D eigenvalue weighted by Gasteiger charge is 2.22. The number of carbonyl (C=O) groups is 1. The van der Waals surface area contributed by atoms with Gasteiger partial charge in [0.1, 0.15) is 5.82 Å². The molecule has 0 bridgehead atoms. The van der Waals surface area contributed by atoms with E-state index in [9.17, 15) is 13.6 Å². The molecule has 0 aromatic carbocycles. The van der Waals surface area contributed by atoms with E-state index in [1.807, 2.05) is 0 Å². The number of ether oxygens (including phenoxy) is 1. The van der Waals surface area contributed by atoms with Crippen molar-refractivity contribution >= 4 is 5.91 Å². The maximum Gasteiger partial charge on any atom is 0.275 e. The van der Waals surface area contributed by atoms with Crippen LogP contribution in [0.1, 0.15) is 29.8 Å². The van der Waals surface area contributed by atoms with Gasteiger partial charge in [0.15, 0.2) is 11.5 Å². The topological polar surface area (TPSA) is 42.4 Å². The quantitative estimate of drug-likeness (QED) is 0.843. The maximum atomic E-state index is 13.5. The Balaban J connectivity index is 2.01. The van der Waals surface area contributed by atoms with Crippen LogP contribution in [0.4, 0.5) is 8.78 Å². The van der Waals surface area contributed by atoms with Gasteiger partial charge in [0.2, 0.25) is 0 Å². The van der Waals surface area contributed by atoms with Crippen molar-refractivity contribution in [2.45, 2.75) is 25.4 Å². The van der Waals surface area contributed by atoms with Crippen molar-refractivity contribution in [2.24, 2.45) is 0 Å². The molecule has 19 heavy (non-hydrogen) atoms. The standard InChI is InChI=1S/C13H16F2N2O2/c1-17(8-10-4-2-3-5-19-10)13(18)12-11(15)6-9(14)7-16-12/h6-7,10H,2-5,8H2,1H3/t10-/m1/s1. The number of aromatic nitrogens is 1. The Morgan fingerprint density at radius 3 is 2.95 bits per heavy atom. The van der Waals surface area contributed by atoms with Crippen molar-refractivity contribution in [3.8, 4) is 0 Å². The summed E-state index contributed by atoms with van der Waals surface area (Å²) in [6, 6.07) is 0.658. The lowest BCUT2D eigenvalue weighted by atomic mass is 10.1. The smallest absolute Gasteiger partial charge is 0.275 e. The van der Waals surface area contributed by atoms with Crippen LogP contribution in [0.15, 0.2) is 12.3 Å². The summed E-state index contributed by atoms with van der Waals surface area (Å²) >= 11 is 0. The minimum atomic E-state index is -0.943. The normalized spacial score (nSPS) is 19.2. The van der Waals surface area contributed by atoms with E-state index < -0.39 is 17.5 Å². The molecule has 1 saturated heterocycles. The number of hydrogen-bond donors (Lipinski definition) is 0. The molecule has 1 aromatic rings. The van der Waals surface area contributed by atoms with Crippen LogP contribution in [0.25, 0.3) is 0 Å². The lowest BCUT2D eigenvalue weighted by Gasteiger charge is -2.27. The molecule has 2 rings (SSSR count). The molecule has 0 saturated carbocycles. The molecule has 0 aliphatic carbocycles. The van der Waals surface area contributed by atoms with Crippen LogP contribution in [0.3, 0.4) is 0 Å². The zero-order valence-electron chi connectivity index (χ0n) is 10.7. The minimum Gasteiger partial charge on any atom is -0.376 e. The van der Waals surface area contributed by atoms with Gasteiger partial charge >= 0.3 is 0 Å². The van der Waals surface area contributed by atoms with E-state index in [-0.39, 0.29) is 11.8 Å². The van der Waals surface area contributed by atoms with Crippen LogP contribution in [0.5, 0.6) is 0 Å². The van der Waals surface area contributed by atoms with Crippen molar-refractivity contribution in [2.75, 3.05) is 20.2 Å². The van der Waals surface area contributed by atoms with E-state index in [4.69, 9.17) is 4.74 Å². The number of halogens is 2. The third-order valence-corrected chi connectivity index (χ3v) is 3.11. The first-order chi connectivity index (χ1) is 9.08. The first kappa shape index (κ1) is 13.9. The summed E-state index contributed by atoms with van der Waals surface area (Å²) in [5.74, 6) is -2.31. The summed E-state index contributed by atoms with van der Waals surface area (Å²) in [7, 11) is 1.56.